The van der Waals surface area contributed by atoms with Crippen LogP contribution in [-0.2, 0) is 6.54 Å². The highest BCUT2D eigenvalue weighted by molar-refractivity contribution is 5.74. The molecule has 0 aliphatic carbocycles. The Bertz CT molecular complexity index is 751. The molecule has 2 aliphatic rings. The number of likely N-dealkylation sites (tertiary alicyclic amines) is 1. The number of aromatic nitrogens is 2. The maximum atomic E-state index is 13.0. The van der Waals surface area contributed by atoms with Gasteiger partial charge in [0.2, 0.25) is 0 Å². The molecule has 2 aliphatic heterocycles. The first-order valence-corrected chi connectivity index (χ1v) is 9.84. The quantitative estimate of drug-likeness (QED) is 0.904. The van der Waals surface area contributed by atoms with Gasteiger partial charge in [-0.2, -0.15) is 0 Å². The summed E-state index contributed by atoms with van der Waals surface area (Å²) in [6, 6.07) is 4.07. The zero-order chi connectivity index (χ0) is 17.9. The van der Waals surface area contributed by atoms with E-state index in [1.807, 2.05) is 36.4 Å². The van der Waals surface area contributed by atoms with Gasteiger partial charge >= 0.3 is 6.03 Å². The number of nitrogens with one attached hydrogen (secondary N) is 1. The van der Waals surface area contributed by atoms with Crippen molar-refractivity contribution in [2.24, 2.45) is 0 Å². The molecule has 2 amide bonds. The number of urea groups is 1. The Hall–Kier alpha value is -2.24. The molecule has 0 bridgehead atoms. The first-order valence-electron chi connectivity index (χ1n) is 9.84. The van der Waals surface area contributed by atoms with Gasteiger partial charge in [0, 0.05) is 37.9 Å². The predicted octanol–water partition coefficient (Wildman–Crippen LogP) is 3.99. The van der Waals surface area contributed by atoms with E-state index >= 15 is 0 Å². The molecular formula is C20H28N4O2. The van der Waals surface area contributed by atoms with Crippen LogP contribution < -0.4 is 5.32 Å². The van der Waals surface area contributed by atoms with E-state index in [9.17, 15) is 4.79 Å². The second kappa shape index (κ2) is 7.56. The molecule has 1 fully saturated rings. The molecule has 0 aromatic carbocycles. The zero-order valence-electron chi connectivity index (χ0n) is 15.5. The summed E-state index contributed by atoms with van der Waals surface area (Å²) >= 11 is 0. The third-order valence-corrected chi connectivity index (χ3v) is 5.67. The fourth-order valence-corrected chi connectivity index (χ4v) is 4.29. The van der Waals surface area contributed by atoms with Gasteiger partial charge in [-0.1, -0.05) is 12.8 Å². The molecular weight excluding hydrogens is 328 g/mol. The summed E-state index contributed by atoms with van der Waals surface area (Å²) in [4.78, 5) is 19.4. The topological polar surface area (TPSA) is 63.3 Å². The molecule has 0 saturated carbocycles. The Morgan fingerprint density at radius 2 is 2.15 bits per heavy atom. The van der Waals surface area contributed by atoms with Crippen LogP contribution >= 0.6 is 0 Å². The molecule has 26 heavy (non-hydrogen) atoms. The van der Waals surface area contributed by atoms with E-state index in [0.717, 1.165) is 62.5 Å². The average Bonchev–Trinajstić information content (AvgIpc) is 3.22. The fraction of sp³-hybridized carbons (Fsp3) is 0.600. The minimum absolute atomic E-state index is 0.0228. The number of imidazole rings is 1. The largest absolute Gasteiger partial charge is 0.464 e. The van der Waals surface area contributed by atoms with E-state index < -0.39 is 0 Å². The molecule has 1 N–H and O–H groups in total. The summed E-state index contributed by atoms with van der Waals surface area (Å²) in [6.07, 6.45) is 10.4. The molecule has 4 heterocycles. The number of nitrogens with zero attached hydrogens (tertiary/aromatic N) is 3. The molecule has 6 heteroatoms. The second-order valence-corrected chi connectivity index (χ2v) is 7.51. The third kappa shape index (κ3) is 3.50. The maximum Gasteiger partial charge on any atom is 0.318 e. The maximum absolute atomic E-state index is 13.0. The molecule has 2 aromatic rings. The minimum Gasteiger partial charge on any atom is -0.464 e. The SMILES string of the molecule is Cc1ccc(C2CCCCCN2C(=O)NCC2CCCn3ccnc32)o1. The van der Waals surface area contributed by atoms with Gasteiger partial charge in [-0.25, -0.2) is 9.78 Å². The molecule has 0 spiro atoms. The van der Waals surface area contributed by atoms with Crippen LogP contribution in [-0.4, -0.2) is 33.6 Å². The molecule has 4 rings (SSSR count). The van der Waals surface area contributed by atoms with Gasteiger partial charge in [-0.15, -0.1) is 0 Å². The number of hydrogen-bond donors (Lipinski definition) is 1. The average molecular weight is 356 g/mol. The van der Waals surface area contributed by atoms with Crippen molar-refractivity contribution < 1.29 is 9.21 Å². The van der Waals surface area contributed by atoms with Gasteiger partial charge < -0.3 is 19.2 Å². The van der Waals surface area contributed by atoms with Crippen molar-refractivity contribution in [3.63, 3.8) is 0 Å². The van der Waals surface area contributed by atoms with Crippen molar-refractivity contribution in [1.29, 1.82) is 0 Å². The van der Waals surface area contributed by atoms with Crippen LogP contribution in [0.25, 0.3) is 0 Å². The highest BCUT2D eigenvalue weighted by Crippen LogP contribution is 2.31. The molecule has 0 radical (unpaired) electrons. The van der Waals surface area contributed by atoms with Gasteiger partial charge in [0.1, 0.15) is 17.3 Å². The van der Waals surface area contributed by atoms with Crippen molar-refractivity contribution in [3.8, 4) is 0 Å². The first-order chi connectivity index (χ1) is 12.7. The number of carbonyl (C=O) groups excluding carboxylic acids is 1. The van der Waals surface area contributed by atoms with Crippen molar-refractivity contribution in [3.05, 3.63) is 41.9 Å². The fourth-order valence-electron chi connectivity index (χ4n) is 4.29. The third-order valence-electron chi connectivity index (χ3n) is 5.67. The number of rotatable bonds is 3. The van der Waals surface area contributed by atoms with Crippen LogP contribution in [0.2, 0.25) is 0 Å². The second-order valence-electron chi connectivity index (χ2n) is 7.51. The minimum atomic E-state index is 0.0228. The lowest BCUT2D eigenvalue weighted by Crippen LogP contribution is -2.43. The number of fused-ring (bicyclic) bond motifs is 1. The van der Waals surface area contributed by atoms with Gasteiger partial charge in [0.15, 0.2) is 0 Å². The van der Waals surface area contributed by atoms with Crippen LogP contribution in [0.3, 0.4) is 0 Å². The summed E-state index contributed by atoms with van der Waals surface area (Å²) in [5, 5.41) is 3.18. The van der Waals surface area contributed by atoms with Crippen LogP contribution in [0, 0.1) is 6.92 Å². The summed E-state index contributed by atoms with van der Waals surface area (Å²) in [5.41, 5.74) is 0. The molecule has 6 nitrogen and oxygen atoms in total. The van der Waals surface area contributed by atoms with E-state index in [4.69, 9.17) is 4.42 Å². The monoisotopic (exact) mass is 356 g/mol. The standard InChI is InChI=1S/C20H28N4O2/c1-15-8-9-18(26-15)17-7-3-2-4-12-24(17)20(25)22-14-16-6-5-11-23-13-10-21-19(16)23/h8-10,13,16-17H,2-7,11-12,14H2,1H3,(H,22,25). The van der Waals surface area contributed by atoms with E-state index in [1.54, 1.807) is 0 Å². The molecule has 2 atom stereocenters. The Labute approximate surface area is 154 Å². The highest BCUT2D eigenvalue weighted by atomic mass is 16.3. The first kappa shape index (κ1) is 17.2. The summed E-state index contributed by atoms with van der Waals surface area (Å²) in [7, 11) is 0. The Morgan fingerprint density at radius 3 is 3.00 bits per heavy atom. The summed E-state index contributed by atoms with van der Waals surface area (Å²) in [6.45, 7) is 4.42. The number of carbonyl (C=O) groups is 1. The van der Waals surface area contributed by atoms with Crippen LogP contribution in [0.1, 0.15) is 67.8 Å². The lowest BCUT2D eigenvalue weighted by Gasteiger charge is -2.30. The number of furan rings is 1. The Kier molecular flexibility index (Phi) is 5.00. The number of amides is 2. The molecule has 140 valence electrons. The smallest absolute Gasteiger partial charge is 0.318 e. The molecule has 2 aromatic heterocycles. The lowest BCUT2D eigenvalue weighted by molar-refractivity contribution is 0.164. The summed E-state index contributed by atoms with van der Waals surface area (Å²) < 4.78 is 8.06. The van der Waals surface area contributed by atoms with Gasteiger partial charge in [-0.05, 0) is 44.7 Å². The van der Waals surface area contributed by atoms with Crippen molar-refractivity contribution in [2.75, 3.05) is 13.1 Å². The van der Waals surface area contributed by atoms with E-state index in [0.29, 0.717) is 12.5 Å². The summed E-state index contributed by atoms with van der Waals surface area (Å²) in [5.74, 6) is 3.22. The Morgan fingerprint density at radius 1 is 1.23 bits per heavy atom. The molecule has 1 saturated heterocycles. The van der Waals surface area contributed by atoms with Crippen molar-refractivity contribution in [2.45, 2.75) is 64.0 Å². The van der Waals surface area contributed by atoms with Crippen molar-refractivity contribution >= 4 is 6.03 Å². The van der Waals surface area contributed by atoms with E-state index in [-0.39, 0.29) is 12.1 Å². The predicted molar refractivity (Wildman–Crippen MR) is 99.0 cm³/mol. The van der Waals surface area contributed by atoms with Gasteiger partial charge in [0.05, 0.1) is 6.04 Å². The van der Waals surface area contributed by atoms with E-state index in [2.05, 4.69) is 14.9 Å². The number of aryl methyl sites for hydroxylation is 2. The van der Waals surface area contributed by atoms with E-state index in [1.165, 1.54) is 6.42 Å². The van der Waals surface area contributed by atoms with Crippen LogP contribution in [0.4, 0.5) is 4.79 Å². The normalized spacial score (nSPS) is 23.3. The van der Waals surface area contributed by atoms with Crippen molar-refractivity contribution in [1.82, 2.24) is 19.8 Å². The van der Waals surface area contributed by atoms with Gasteiger partial charge in [-0.3, -0.25) is 0 Å². The highest BCUT2D eigenvalue weighted by Gasteiger charge is 2.30. The Balaban J connectivity index is 1.44. The zero-order valence-corrected chi connectivity index (χ0v) is 15.5. The molecule has 2 unspecified atom stereocenters. The number of hydrogen-bond acceptors (Lipinski definition) is 3. The van der Waals surface area contributed by atoms with Crippen LogP contribution in [0.5, 0.6) is 0 Å². The lowest BCUT2D eigenvalue weighted by atomic mass is 9.99. The van der Waals surface area contributed by atoms with Gasteiger partial charge in [0.25, 0.3) is 0 Å². The van der Waals surface area contributed by atoms with Crippen LogP contribution in [0.15, 0.2) is 28.9 Å².